The van der Waals surface area contributed by atoms with Gasteiger partial charge in [0.15, 0.2) is 0 Å². The van der Waals surface area contributed by atoms with Crippen LogP contribution in [0.5, 0.6) is 5.88 Å². The second-order valence-corrected chi connectivity index (χ2v) is 9.61. The van der Waals surface area contributed by atoms with Crippen LogP contribution in [0.4, 0.5) is 14.7 Å². The molecule has 1 aromatic carbocycles. The number of carbonyl (C=O) groups excluding carboxylic acids is 1. The van der Waals surface area contributed by atoms with E-state index >= 15 is 0 Å². The first-order valence-corrected chi connectivity index (χ1v) is 12.0. The first kappa shape index (κ1) is 22.6. The maximum absolute atomic E-state index is 13.0. The summed E-state index contributed by atoms with van der Waals surface area (Å²) in [7, 11) is 1.56. The number of nitrogens with zero attached hydrogens (tertiary/aromatic N) is 6. The van der Waals surface area contributed by atoms with E-state index in [1.54, 1.807) is 26.2 Å². The zero-order valence-electron chi connectivity index (χ0n) is 19.9. The summed E-state index contributed by atoms with van der Waals surface area (Å²) in [6, 6.07) is 5.63. The van der Waals surface area contributed by atoms with E-state index in [9.17, 15) is 13.6 Å². The van der Waals surface area contributed by atoms with E-state index in [-0.39, 0.29) is 11.9 Å². The van der Waals surface area contributed by atoms with Gasteiger partial charge in [0.1, 0.15) is 17.7 Å². The van der Waals surface area contributed by atoms with Gasteiger partial charge in [-0.25, -0.2) is 13.5 Å². The second-order valence-electron chi connectivity index (χ2n) is 9.61. The number of fused-ring (bicyclic) bond motifs is 3. The van der Waals surface area contributed by atoms with Crippen molar-refractivity contribution >= 4 is 33.9 Å². The number of benzene rings is 1. The first-order valence-electron chi connectivity index (χ1n) is 12.0. The van der Waals surface area contributed by atoms with Crippen molar-refractivity contribution in [3.05, 3.63) is 24.4 Å². The quantitative estimate of drug-likeness (QED) is 0.421. The highest BCUT2D eigenvalue weighted by atomic mass is 19.3. The minimum Gasteiger partial charge on any atom is -0.480 e. The number of hydrogen-bond acceptors (Lipinski definition) is 7. The molecule has 0 spiro atoms. The number of methoxy groups -OCH3 is 1. The van der Waals surface area contributed by atoms with Crippen LogP contribution in [0.15, 0.2) is 24.4 Å². The van der Waals surface area contributed by atoms with Crippen molar-refractivity contribution in [2.24, 2.45) is 11.8 Å². The highest BCUT2D eigenvalue weighted by Gasteiger charge is 2.41. The van der Waals surface area contributed by atoms with Gasteiger partial charge in [0.2, 0.25) is 17.7 Å². The van der Waals surface area contributed by atoms with Crippen LogP contribution >= 0.6 is 0 Å². The number of halogens is 2. The molecule has 0 unspecified atom stereocenters. The monoisotopic (exact) mass is 496 g/mol. The Labute approximate surface area is 205 Å². The number of aromatic amines is 1. The van der Waals surface area contributed by atoms with Crippen molar-refractivity contribution in [1.29, 1.82) is 0 Å². The van der Waals surface area contributed by atoms with Gasteiger partial charge in [-0.15, -0.1) is 5.10 Å². The van der Waals surface area contributed by atoms with Crippen LogP contribution in [0.25, 0.3) is 33.2 Å². The van der Waals surface area contributed by atoms with E-state index < -0.39 is 13.0 Å². The van der Waals surface area contributed by atoms with Crippen LogP contribution in [0.1, 0.15) is 19.8 Å². The summed E-state index contributed by atoms with van der Waals surface area (Å²) in [5.74, 6) is 2.03. The number of likely N-dealkylation sites (tertiary alicyclic amines) is 1. The van der Waals surface area contributed by atoms with Crippen LogP contribution in [-0.4, -0.2) is 73.4 Å². The summed E-state index contributed by atoms with van der Waals surface area (Å²) >= 11 is 0. The molecule has 12 heteroatoms. The minimum absolute atomic E-state index is 0.142. The third-order valence-electron chi connectivity index (χ3n) is 7.36. The van der Waals surface area contributed by atoms with Crippen molar-refractivity contribution in [3.63, 3.8) is 0 Å². The number of carbonyl (C=O) groups is 1. The molecule has 2 fully saturated rings. The van der Waals surface area contributed by atoms with E-state index in [0.717, 1.165) is 37.1 Å². The predicted octanol–water partition coefficient (Wildman–Crippen LogP) is 3.31. The molecule has 1 aliphatic carbocycles. The summed E-state index contributed by atoms with van der Waals surface area (Å²) in [4.78, 5) is 26.1. The maximum Gasteiger partial charge on any atom is 0.258 e. The zero-order valence-corrected chi connectivity index (χ0v) is 19.9. The van der Waals surface area contributed by atoms with Gasteiger partial charge in [-0.1, -0.05) is 11.3 Å². The van der Waals surface area contributed by atoms with E-state index in [1.165, 1.54) is 4.68 Å². The Morgan fingerprint density at radius 2 is 2.03 bits per heavy atom. The van der Waals surface area contributed by atoms with Crippen molar-refractivity contribution in [2.75, 3.05) is 25.5 Å². The Morgan fingerprint density at radius 3 is 2.72 bits per heavy atom. The van der Waals surface area contributed by atoms with Gasteiger partial charge in [-0.3, -0.25) is 4.79 Å². The summed E-state index contributed by atoms with van der Waals surface area (Å²) in [5.41, 5.74) is 3.25. The molecule has 1 saturated carbocycles. The maximum atomic E-state index is 13.0. The number of alkyl halides is 2. The summed E-state index contributed by atoms with van der Waals surface area (Å²) < 4.78 is 32.8. The largest absolute Gasteiger partial charge is 0.480 e. The van der Waals surface area contributed by atoms with E-state index in [1.807, 2.05) is 17.2 Å². The van der Waals surface area contributed by atoms with Gasteiger partial charge < -0.3 is 19.9 Å². The molecule has 0 radical (unpaired) electrons. The van der Waals surface area contributed by atoms with Crippen molar-refractivity contribution < 1.29 is 18.3 Å². The molecule has 4 aromatic rings. The molecule has 2 aliphatic rings. The lowest BCUT2D eigenvalue weighted by molar-refractivity contribution is -0.128. The Kier molecular flexibility index (Phi) is 5.45. The Hall–Kier alpha value is -3.83. The molecule has 2 N–H and O–H groups in total. The molecule has 6 rings (SSSR count). The molecule has 1 aliphatic heterocycles. The topological polar surface area (TPSA) is 114 Å². The summed E-state index contributed by atoms with van der Waals surface area (Å²) in [6.45, 7) is 2.74. The number of hydrogen-bond donors (Lipinski definition) is 2. The minimum atomic E-state index is -2.53. The number of rotatable bonds is 6. The average Bonchev–Trinajstić information content (AvgIpc) is 3.60. The van der Waals surface area contributed by atoms with Crippen molar-refractivity contribution in [3.8, 4) is 17.0 Å². The predicted molar refractivity (Wildman–Crippen MR) is 129 cm³/mol. The van der Waals surface area contributed by atoms with Crippen LogP contribution in [0, 0.1) is 11.8 Å². The van der Waals surface area contributed by atoms with E-state index in [0.29, 0.717) is 45.7 Å². The van der Waals surface area contributed by atoms with Crippen LogP contribution in [-0.2, 0) is 11.3 Å². The molecule has 3 atom stereocenters. The fourth-order valence-corrected chi connectivity index (χ4v) is 5.70. The number of nitrogens with one attached hydrogen (secondary N) is 2. The Balaban J connectivity index is 1.28. The van der Waals surface area contributed by atoms with Gasteiger partial charge >= 0.3 is 0 Å². The molecule has 188 valence electrons. The molecule has 1 saturated heterocycles. The number of anilines is 1. The van der Waals surface area contributed by atoms with Crippen LogP contribution < -0.4 is 10.1 Å². The van der Waals surface area contributed by atoms with Gasteiger partial charge in [0.25, 0.3) is 6.43 Å². The molecule has 4 heterocycles. The van der Waals surface area contributed by atoms with Gasteiger partial charge in [0, 0.05) is 37.8 Å². The average molecular weight is 497 g/mol. The molecule has 1 amide bonds. The fraction of sp³-hybridized carbons (Fsp3) is 0.458. The van der Waals surface area contributed by atoms with Crippen LogP contribution in [0.2, 0.25) is 0 Å². The number of aromatic nitrogens is 6. The molecule has 10 nitrogen and oxygen atoms in total. The highest BCUT2D eigenvalue weighted by Crippen LogP contribution is 2.40. The SMILES string of the molecule is COc1nc(N[C@H]2C[C@@H]3CN(C(C)=O)C[C@@H]3C2)nc2[nH]cc(-c3ccc4nnn(CC(F)F)c4c3)c12. The lowest BCUT2D eigenvalue weighted by Crippen LogP contribution is -2.29. The van der Waals surface area contributed by atoms with Crippen molar-refractivity contribution in [2.45, 2.75) is 38.8 Å². The molecule has 3 aromatic heterocycles. The van der Waals surface area contributed by atoms with Crippen LogP contribution in [0.3, 0.4) is 0 Å². The van der Waals surface area contributed by atoms with Gasteiger partial charge in [0.05, 0.1) is 18.0 Å². The summed E-state index contributed by atoms with van der Waals surface area (Å²) in [5, 5.41) is 12.0. The smallest absolute Gasteiger partial charge is 0.258 e. The second kappa shape index (κ2) is 8.68. The summed E-state index contributed by atoms with van der Waals surface area (Å²) in [6.07, 6.45) is 1.21. The zero-order chi connectivity index (χ0) is 25.0. The van der Waals surface area contributed by atoms with E-state index in [4.69, 9.17) is 4.74 Å². The first-order chi connectivity index (χ1) is 17.4. The third-order valence-corrected chi connectivity index (χ3v) is 7.36. The molecule has 0 bridgehead atoms. The standard InChI is InChI=1S/C24H26F2N8O2/c1-12(35)33-9-14-5-16(6-15(14)10-33)28-24-29-22-21(23(30-24)36-2)17(8-27-22)13-3-4-18-19(7-13)34(32-31-18)11-20(25)26/h3-4,7-8,14-16,20H,5-6,9-11H2,1-2H3,(H2,27,28,29,30)/t14-,15+,16+. The number of H-pyrrole nitrogens is 1. The number of amides is 1. The third kappa shape index (κ3) is 3.90. The Bertz CT molecular complexity index is 1440. The van der Waals surface area contributed by atoms with Gasteiger partial charge in [-0.2, -0.15) is 9.97 Å². The normalized spacial score (nSPS) is 21.6. The fourth-order valence-electron chi connectivity index (χ4n) is 5.70. The highest BCUT2D eigenvalue weighted by molar-refractivity contribution is 5.99. The lowest BCUT2D eigenvalue weighted by Gasteiger charge is -2.18. The van der Waals surface area contributed by atoms with Gasteiger partial charge in [-0.05, 0) is 42.4 Å². The Morgan fingerprint density at radius 1 is 1.25 bits per heavy atom. The number of ether oxygens (including phenoxy) is 1. The molecular weight excluding hydrogens is 470 g/mol. The lowest BCUT2D eigenvalue weighted by atomic mass is 10.0. The molecular formula is C24H26F2N8O2. The van der Waals surface area contributed by atoms with E-state index in [2.05, 4.69) is 30.6 Å². The molecule has 36 heavy (non-hydrogen) atoms. The van der Waals surface area contributed by atoms with Crippen molar-refractivity contribution in [1.82, 2.24) is 34.8 Å².